The fourth-order valence-electron chi connectivity index (χ4n) is 4.49. The number of anilines is 1. The standard InChI is InChI=1S/C28H28N2O3/c1-17-12-13-18(2)25(14-17)29-19(3)15-22(20(29)4)16-24-26(28(32)33-6)21(5)30(27(24)31)23-10-8-7-9-11-23/h7-16H,1-6H3/b24-16-. The van der Waals surface area contributed by atoms with Crippen LogP contribution in [0.3, 0.4) is 0 Å². The molecular formula is C28H28N2O3. The number of carbonyl (C=O) groups excluding carboxylic acids is 2. The van der Waals surface area contributed by atoms with E-state index in [1.54, 1.807) is 11.8 Å². The van der Waals surface area contributed by atoms with Crippen LogP contribution in [0.5, 0.6) is 0 Å². The predicted octanol–water partition coefficient (Wildman–Crippen LogP) is 5.59. The molecule has 0 saturated heterocycles. The lowest BCUT2D eigenvalue weighted by Crippen LogP contribution is -2.24. The molecule has 5 nitrogen and oxygen atoms in total. The van der Waals surface area contributed by atoms with Crippen molar-refractivity contribution in [2.45, 2.75) is 34.6 Å². The Hall–Kier alpha value is -3.86. The van der Waals surface area contributed by atoms with Gasteiger partial charge in [0.1, 0.15) is 0 Å². The second kappa shape index (κ2) is 8.58. The van der Waals surface area contributed by atoms with Gasteiger partial charge in [0, 0.05) is 28.5 Å². The number of benzene rings is 2. The van der Waals surface area contributed by atoms with Crippen LogP contribution in [0.25, 0.3) is 11.8 Å². The zero-order valence-corrected chi connectivity index (χ0v) is 19.9. The van der Waals surface area contributed by atoms with E-state index in [0.29, 0.717) is 22.5 Å². The Morgan fingerprint density at radius 1 is 0.939 bits per heavy atom. The molecule has 1 amide bonds. The average Bonchev–Trinajstić information content (AvgIpc) is 3.21. The number of methoxy groups -OCH3 is 1. The van der Waals surface area contributed by atoms with E-state index in [1.807, 2.05) is 56.3 Å². The number of aromatic nitrogens is 1. The molecule has 0 unspecified atom stereocenters. The summed E-state index contributed by atoms with van der Waals surface area (Å²) in [5.41, 5.74) is 8.31. The maximum absolute atomic E-state index is 13.5. The third kappa shape index (κ3) is 3.80. The monoisotopic (exact) mass is 440 g/mol. The average molecular weight is 441 g/mol. The quantitative estimate of drug-likeness (QED) is 0.393. The minimum atomic E-state index is -0.520. The van der Waals surface area contributed by atoms with Crippen LogP contribution in [0.1, 0.15) is 35.0 Å². The summed E-state index contributed by atoms with van der Waals surface area (Å²) in [6, 6.07) is 17.8. The number of ether oxygens (including phenoxy) is 1. The summed E-state index contributed by atoms with van der Waals surface area (Å²) in [5, 5.41) is 0. The van der Waals surface area contributed by atoms with E-state index in [2.05, 4.69) is 36.6 Å². The summed E-state index contributed by atoms with van der Waals surface area (Å²) in [4.78, 5) is 27.8. The third-order valence-electron chi connectivity index (χ3n) is 6.18. The van der Waals surface area contributed by atoms with Crippen LogP contribution < -0.4 is 4.90 Å². The number of allylic oxidation sites excluding steroid dienone is 1. The third-order valence-corrected chi connectivity index (χ3v) is 6.18. The first-order valence-electron chi connectivity index (χ1n) is 10.9. The molecule has 1 aromatic heterocycles. The Kier molecular flexibility index (Phi) is 5.81. The van der Waals surface area contributed by atoms with Crippen molar-refractivity contribution >= 4 is 23.6 Å². The minimum absolute atomic E-state index is 0.240. The fraction of sp³-hybridized carbons (Fsp3) is 0.214. The summed E-state index contributed by atoms with van der Waals surface area (Å²) in [6.07, 6.45) is 1.81. The molecule has 3 aromatic rings. The van der Waals surface area contributed by atoms with Gasteiger partial charge in [-0.2, -0.15) is 0 Å². The fourth-order valence-corrected chi connectivity index (χ4v) is 4.49. The van der Waals surface area contributed by atoms with Crippen LogP contribution in [0.2, 0.25) is 0 Å². The van der Waals surface area contributed by atoms with Gasteiger partial charge in [0.15, 0.2) is 0 Å². The van der Waals surface area contributed by atoms with E-state index in [-0.39, 0.29) is 5.91 Å². The van der Waals surface area contributed by atoms with Gasteiger partial charge in [0.25, 0.3) is 5.91 Å². The Labute approximate surface area is 194 Å². The van der Waals surface area contributed by atoms with Crippen molar-refractivity contribution in [3.05, 3.63) is 99.5 Å². The highest BCUT2D eigenvalue weighted by atomic mass is 16.5. The number of aryl methyl sites for hydroxylation is 3. The molecule has 168 valence electrons. The number of nitrogens with zero attached hydrogens (tertiary/aromatic N) is 2. The molecule has 33 heavy (non-hydrogen) atoms. The van der Waals surface area contributed by atoms with E-state index in [0.717, 1.165) is 22.6 Å². The van der Waals surface area contributed by atoms with Gasteiger partial charge >= 0.3 is 5.97 Å². The number of esters is 1. The van der Waals surface area contributed by atoms with Gasteiger partial charge in [0.2, 0.25) is 0 Å². The molecule has 0 aliphatic carbocycles. The van der Waals surface area contributed by atoms with Gasteiger partial charge < -0.3 is 9.30 Å². The molecule has 0 spiro atoms. The van der Waals surface area contributed by atoms with Crippen molar-refractivity contribution in [3.8, 4) is 5.69 Å². The van der Waals surface area contributed by atoms with Crippen LogP contribution in [0, 0.1) is 27.7 Å². The second-order valence-corrected chi connectivity index (χ2v) is 8.44. The van der Waals surface area contributed by atoms with Crippen molar-refractivity contribution in [3.63, 3.8) is 0 Å². The highest BCUT2D eigenvalue weighted by Gasteiger charge is 2.38. The van der Waals surface area contributed by atoms with Gasteiger partial charge in [-0.25, -0.2) is 4.79 Å². The highest BCUT2D eigenvalue weighted by Crippen LogP contribution is 2.36. The molecule has 0 saturated carbocycles. The van der Waals surface area contributed by atoms with Gasteiger partial charge in [-0.1, -0.05) is 30.3 Å². The number of amides is 1. The van der Waals surface area contributed by atoms with E-state index in [4.69, 9.17) is 4.74 Å². The Morgan fingerprint density at radius 3 is 2.30 bits per heavy atom. The lowest BCUT2D eigenvalue weighted by Gasteiger charge is -2.17. The van der Waals surface area contributed by atoms with E-state index in [1.165, 1.54) is 18.2 Å². The Balaban J connectivity index is 1.87. The molecule has 0 bridgehead atoms. The second-order valence-electron chi connectivity index (χ2n) is 8.44. The van der Waals surface area contributed by atoms with Gasteiger partial charge in [-0.3, -0.25) is 9.69 Å². The number of carbonyl (C=O) groups is 2. The highest BCUT2D eigenvalue weighted by molar-refractivity contribution is 6.23. The topological polar surface area (TPSA) is 51.5 Å². The maximum atomic E-state index is 13.5. The molecule has 1 aliphatic rings. The minimum Gasteiger partial charge on any atom is -0.465 e. The van der Waals surface area contributed by atoms with E-state index in [9.17, 15) is 9.59 Å². The van der Waals surface area contributed by atoms with Crippen molar-refractivity contribution in [1.29, 1.82) is 0 Å². The first-order valence-corrected chi connectivity index (χ1v) is 10.9. The Bertz CT molecular complexity index is 1330. The zero-order valence-electron chi connectivity index (χ0n) is 19.9. The number of para-hydroxylation sites is 1. The first kappa shape index (κ1) is 22.3. The number of hydrogen-bond donors (Lipinski definition) is 0. The van der Waals surface area contributed by atoms with Crippen LogP contribution in [0.4, 0.5) is 5.69 Å². The summed E-state index contributed by atoms with van der Waals surface area (Å²) >= 11 is 0. The predicted molar refractivity (Wildman–Crippen MR) is 131 cm³/mol. The normalized spacial score (nSPS) is 15.0. The molecule has 5 heteroatoms. The van der Waals surface area contributed by atoms with Crippen molar-refractivity contribution < 1.29 is 14.3 Å². The molecule has 0 N–H and O–H groups in total. The summed E-state index contributed by atoms with van der Waals surface area (Å²) < 4.78 is 7.23. The van der Waals surface area contributed by atoms with Crippen molar-refractivity contribution in [2.75, 3.05) is 12.0 Å². The SMILES string of the molecule is COC(=O)C1=C(C)N(c2ccccc2)C(=O)/C1=C\c1cc(C)n(-c2cc(C)ccc2C)c1C. The number of hydrogen-bond acceptors (Lipinski definition) is 3. The van der Waals surface area contributed by atoms with Gasteiger partial charge in [-0.05, 0) is 81.7 Å². The van der Waals surface area contributed by atoms with E-state index >= 15 is 0 Å². The molecule has 0 fully saturated rings. The number of rotatable bonds is 4. The lowest BCUT2D eigenvalue weighted by molar-refractivity contribution is -0.136. The Morgan fingerprint density at radius 2 is 1.64 bits per heavy atom. The van der Waals surface area contributed by atoms with Crippen LogP contribution >= 0.6 is 0 Å². The maximum Gasteiger partial charge on any atom is 0.340 e. The zero-order chi connectivity index (χ0) is 23.9. The van der Waals surface area contributed by atoms with Gasteiger partial charge in [0.05, 0.1) is 18.3 Å². The summed E-state index contributed by atoms with van der Waals surface area (Å²) in [7, 11) is 1.34. The van der Waals surface area contributed by atoms with Crippen LogP contribution in [0.15, 0.2) is 71.4 Å². The smallest absolute Gasteiger partial charge is 0.340 e. The lowest BCUT2D eigenvalue weighted by atomic mass is 10.0. The molecule has 0 radical (unpaired) electrons. The molecule has 4 rings (SSSR count). The molecule has 1 aliphatic heterocycles. The largest absolute Gasteiger partial charge is 0.465 e. The molecular weight excluding hydrogens is 412 g/mol. The summed E-state index contributed by atoms with van der Waals surface area (Å²) in [5.74, 6) is -0.760. The van der Waals surface area contributed by atoms with Crippen molar-refractivity contribution in [2.24, 2.45) is 0 Å². The van der Waals surface area contributed by atoms with Crippen LogP contribution in [-0.2, 0) is 14.3 Å². The molecule has 2 aromatic carbocycles. The molecule has 2 heterocycles. The van der Waals surface area contributed by atoms with E-state index < -0.39 is 5.97 Å². The van der Waals surface area contributed by atoms with Crippen LogP contribution in [-0.4, -0.2) is 23.6 Å². The van der Waals surface area contributed by atoms with Gasteiger partial charge in [-0.15, -0.1) is 0 Å². The van der Waals surface area contributed by atoms with Crippen molar-refractivity contribution in [1.82, 2.24) is 4.57 Å². The first-order chi connectivity index (χ1) is 15.7. The summed E-state index contributed by atoms with van der Waals surface area (Å²) in [6.45, 7) is 10.0. The molecule has 0 atom stereocenters.